The molecule has 4 rings (SSSR count). The Kier molecular flexibility index (Phi) is 4.00. The second-order valence-electron chi connectivity index (χ2n) is 5.95. The van der Waals surface area contributed by atoms with Crippen LogP contribution in [0.3, 0.4) is 0 Å². The van der Waals surface area contributed by atoms with Gasteiger partial charge in [-0.2, -0.15) is 0 Å². The number of esters is 1. The van der Waals surface area contributed by atoms with E-state index in [1.54, 1.807) is 54.6 Å². The lowest BCUT2D eigenvalue weighted by atomic mass is 10.1. The summed E-state index contributed by atoms with van der Waals surface area (Å²) in [6.45, 7) is -0.103. The lowest BCUT2D eigenvalue weighted by Crippen LogP contribution is -2.22. The van der Waals surface area contributed by atoms with Gasteiger partial charge in [-0.15, -0.1) is 0 Å². The van der Waals surface area contributed by atoms with Crippen LogP contribution in [0.4, 0.5) is 0 Å². The van der Waals surface area contributed by atoms with Gasteiger partial charge in [0.25, 0.3) is 0 Å². The number of rotatable bonds is 4. The van der Waals surface area contributed by atoms with Gasteiger partial charge in [0.05, 0.1) is 12.1 Å². The van der Waals surface area contributed by atoms with Crippen LogP contribution in [0.1, 0.15) is 10.4 Å². The lowest BCUT2D eigenvalue weighted by molar-refractivity contribution is 0.0364. The molecule has 0 aromatic heterocycles. The van der Waals surface area contributed by atoms with Crippen LogP contribution in [0.15, 0.2) is 64.2 Å². The van der Waals surface area contributed by atoms with Crippen LogP contribution in [0.25, 0.3) is 10.8 Å². The first-order valence-electron chi connectivity index (χ1n) is 8.26. The molecule has 1 heterocycles. The third-order valence-electron chi connectivity index (χ3n) is 4.34. The molecule has 0 fully saturated rings. The summed E-state index contributed by atoms with van der Waals surface area (Å²) in [6.07, 6.45) is 0. The predicted octanol–water partition coefficient (Wildman–Crippen LogP) is 1.31. The van der Waals surface area contributed by atoms with Crippen LogP contribution in [0.5, 0.6) is 0 Å². The number of hydrogen-bond donors (Lipinski definition) is 2. The summed E-state index contributed by atoms with van der Waals surface area (Å²) in [4.78, 5) is 37.9. The number of aromatic nitrogens is 3. The second-order valence-corrected chi connectivity index (χ2v) is 5.95. The molecule has 2 N–H and O–H groups in total. The number of carbonyl (C=O) groups excluding carboxylic acids is 1. The van der Waals surface area contributed by atoms with Crippen molar-refractivity contribution in [3.8, 4) is 0 Å². The highest BCUT2D eigenvalue weighted by molar-refractivity contribution is 5.89. The van der Waals surface area contributed by atoms with E-state index in [9.17, 15) is 19.6 Å². The van der Waals surface area contributed by atoms with Crippen molar-refractivity contribution < 1.29 is 14.7 Å². The number of H-pyrrole nitrogens is 1. The Balaban J connectivity index is 1.70. The van der Waals surface area contributed by atoms with Gasteiger partial charge in [0.2, 0.25) is 10.9 Å². The van der Waals surface area contributed by atoms with E-state index >= 15 is 0 Å². The molecule has 2 aliphatic rings. The molecule has 27 heavy (non-hydrogen) atoms. The first-order valence-corrected chi connectivity index (χ1v) is 8.26. The lowest BCUT2D eigenvalue weighted by Gasteiger charge is -2.08. The minimum atomic E-state index is -0.516. The molecule has 0 unspecified atom stereocenters. The second kappa shape index (κ2) is 6.49. The Bertz CT molecular complexity index is 1320. The Morgan fingerprint density at radius 1 is 0.963 bits per heavy atom. The normalized spacial score (nSPS) is 11.1. The van der Waals surface area contributed by atoms with Gasteiger partial charge < -0.3 is 9.94 Å². The van der Waals surface area contributed by atoms with E-state index in [2.05, 4.69) is 5.10 Å². The molecule has 1 aliphatic heterocycles. The van der Waals surface area contributed by atoms with Gasteiger partial charge >= 0.3 is 5.97 Å². The van der Waals surface area contributed by atoms with Gasteiger partial charge in [0.1, 0.15) is 17.3 Å². The van der Waals surface area contributed by atoms with E-state index in [1.807, 2.05) is 0 Å². The molecule has 0 atom stereocenters. The predicted molar refractivity (Wildman–Crippen MR) is 96.0 cm³/mol. The molecule has 8 nitrogen and oxygen atoms in total. The molecule has 0 spiro atoms. The maximum absolute atomic E-state index is 12.8. The van der Waals surface area contributed by atoms with Crippen molar-refractivity contribution in [1.82, 2.24) is 14.7 Å². The summed E-state index contributed by atoms with van der Waals surface area (Å²) in [7, 11) is 0. The average molecular weight is 365 g/mol. The van der Waals surface area contributed by atoms with Gasteiger partial charge in [-0.3, -0.25) is 9.59 Å². The molecular formula is C19H15N3O5. The van der Waals surface area contributed by atoms with Gasteiger partial charge in [0, 0.05) is 10.8 Å². The third kappa shape index (κ3) is 2.77. The third-order valence-corrected chi connectivity index (χ3v) is 4.34. The molecule has 8 heteroatoms. The zero-order chi connectivity index (χ0) is 19.0. The average Bonchev–Trinajstić information content (AvgIpc) is 3.03. The number of benzene rings is 2. The summed E-state index contributed by atoms with van der Waals surface area (Å²) < 4.78 is 6.36. The first kappa shape index (κ1) is 16.6. The molecule has 0 saturated carbocycles. The molecule has 0 bridgehead atoms. The maximum Gasteiger partial charge on any atom is 0.338 e. The molecular weight excluding hydrogens is 350 g/mol. The quantitative estimate of drug-likeness (QED) is 0.419. The monoisotopic (exact) mass is 365 g/mol. The Labute approximate surface area is 151 Å². The minimum Gasteiger partial charge on any atom is -0.460 e. The van der Waals surface area contributed by atoms with Crippen molar-refractivity contribution in [2.45, 2.75) is 6.54 Å². The summed E-state index contributed by atoms with van der Waals surface area (Å²) >= 11 is 0. The van der Waals surface area contributed by atoms with E-state index in [4.69, 9.17) is 4.74 Å². The number of nitrogens with zero attached hydrogens (tertiary/aromatic N) is 2. The Morgan fingerprint density at radius 3 is 2.30 bits per heavy atom. The molecule has 0 amide bonds. The van der Waals surface area contributed by atoms with Gasteiger partial charge in [-0.25, -0.2) is 14.6 Å². The molecule has 1 aliphatic carbocycles. The molecule has 2 aromatic carbocycles. The number of carbonyl (C=O) groups is 1. The largest absolute Gasteiger partial charge is 0.460 e. The zero-order valence-electron chi connectivity index (χ0n) is 14.1. The van der Waals surface area contributed by atoms with Crippen LogP contribution in [0, 0.1) is 10.7 Å². The number of nitrogens with one attached hydrogen (secondary N) is 1. The molecule has 0 saturated heterocycles. The van der Waals surface area contributed by atoms with E-state index in [0.717, 1.165) is 0 Å². The van der Waals surface area contributed by atoms with E-state index < -0.39 is 11.4 Å². The Hall–Kier alpha value is -3.81. The van der Waals surface area contributed by atoms with Crippen molar-refractivity contribution in [2.24, 2.45) is 0 Å². The minimum absolute atomic E-state index is 0.00409. The van der Waals surface area contributed by atoms with Crippen molar-refractivity contribution >= 4 is 16.7 Å². The van der Waals surface area contributed by atoms with E-state index in [0.29, 0.717) is 10.5 Å². The highest BCUT2D eigenvalue weighted by atomic mass is 16.5. The highest BCUT2D eigenvalue weighted by Gasteiger charge is 2.15. The molecule has 0 radical (unpaired) electrons. The smallest absolute Gasteiger partial charge is 0.338 e. The zero-order valence-corrected chi connectivity index (χ0v) is 14.1. The van der Waals surface area contributed by atoms with Gasteiger partial charge in [-0.05, 0) is 12.1 Å². The maximum atomic E-state index is 12.8. The van der Waals surface area contributed by atoms with Crippen LogP contribution in [-0.2, 0) is 11.3 Å². The van der Waals surface area contributed by atoms with Crippen LogP contribution in [-0.4, -0.2) is 32.5 Å². The number of aromatic amines is 1. The highest BCUT2D eigenvalue weighted by Crippen LogP contribution is 2.06. The van der Waals surface area contributed by atoms with E-state index in [1.165, 1.54) is 4.68 Å². The topological polar surface area (TPSA) is 106 Å². The van der Waals surface area contributed by atoms with Crippen LogP contribution >= 0.6 is 0 Å². The van der Waals surface area contributed by atoms with Crippen molar-refractivity contribution in [2.75, 3.05) is 6.61 Å². The SMILES string of the molecule is O=C(OCCn1c2c(=O)c3ccccc3c(=O)c=2[nH]n1O)c1ccccc1. The molecule has 2 aromatic rings. The first-order chi connectivity index (χ1) is 13.1. The summed E-state index contributed by atoms with van der Waals surface area (Å²) in [6, 6.07) is 14.9. The van der Waals surface area contributed by atoms with Crippen molar-refractivity contribution in [3.63, 3.8) is 0 Å². The number of ether oxygens (including phenoxy) is 1. The fraction of sp³-hybridized carbons (Fsp3) is 0.105. The Morgan fingerprint density at radius 2 is 1.59 bits per heavy atom. The number of hydrogen-bond acceptors (Lipinski definition) is 5. The standard InChI is InChI=1S/C19H15N3O5/c23-17-13-8-4-5-9-14(13)18(24)16-15(17)20-22(26)21(16)10-11-27-19(25)12-6-2-1-3-7-12/h1-9,20,26H,10-11H2. The summed E-state index contributed by atoms with van der Waals surface area (Å²) in [5, 5.41) is 13.1. The van der Waals surface area contributed by atoms with Crippen LogP contribution < -0.4 is 10.9 Å². The van der Waals surface area contributed by atoms with E-state index in [-0.39, 0.29) is 40.1 Å². The number of fused-ring (bicyclic) bond motifs is 1. The van der Waals surface area contributed by atoms with Crippen molar-refractivity contribution in [3.05, 3.63) is 91.3 Å². The fourth-order valence-corrected chi connectivity index (χ4v) is 3.06. The summed E-state index contributed by atoms with van der Waals surface area (Å²) in [5.41, 5.74) is -0.377. The fourth-order valence-electron chi connectivity index (χ4n) is 3.06. The molecule has 136 valence electrons. The van der Waals surface area contributed by atoms with Gasteiger partial charge in [-0.1, -0.05) is 47.4 Å². The summed E-state index contributed by atoms with van der Waals surface area (Å²) in [5.74, 6) is -0.516. The van der Waals surface area contributed by atoms with Crippen molar-refractivity contribution in [1.29, 1.82) is 0 Å². The van der Waals surface area contributed by atoms with Gasteiger partial charge in [0.15, 0.2) is 0 Å². The van der Waals surface area contributed by atoms with Crippen LogP contribution in [0.2, 0.25) is 0 Å².